The van der Waals surface area contributed by atoms with Crippen molar-refractivity contribution in [3.63, 3.8) is 0 Å². The van der Waals surface area contributed by atoms with Crippen molar-refractivity contribution in [2.45, 2.75) is 32.1 Å². The van der Waals surface area contributed by atoms with E-state index in [2.05, 4.69) is 42.6 Å². The summed E-state index contributed by atoms with van der Waals surface area (Å²) < 4.78 is 0. The van der Waals surface area contributed by atoms with Gasteiger partial charge in [0.2, 0.25) is 0 Å². The van der Waals surface area contributed by atoms with E-state index in [9.17, 15) is 0 Å². The summed E-state index contributed by atoms with van der Waals surface area (Å²) in [6.07, 6.45) is 3.27. The first-order valence-electron chi connectivity index (χ1n) is 6.25. The molecule has 0 fully saturated rings. The lowest BCUT2D eigenvalue weighted by Gasteiger charge is -2.17. The Morgan fingerprint density at radius 2 is 2.00 bits per heavy atom. The van der Waals surface area contributed by atoms with Gasteiger partial charge in [-0.15, -0.1) is 0 Å². The highest BCUT2D eigenvalue weighted by Crippen LogP contribution is 2.19. The van der Waals surface area contributed by atoms with Gasteiger partial charge in [-0.25, -0.2) is 0 Å². The highest BCUT2D eigenvalue weighted by Gasteiger charge is 2.09. The van der Waals surface area contributed by atoms with E-state index < -0.39 is 0 Å². The third-order valence-electron chi connectivity index (χ3n) is 2.81. The molecular weight excluding hydrogens is 198 g/mol. The van der Waals surface area contributed by atoms with E-state index in [1.54, 1.807) is 0 Å². The molecule has 0 amide bonds. The maximum absolute atomic E-state index is 8.71. The molecule has 1 rings (SSSR count). The van der Waals surface area contributed by atoms with Gasteiger partial charge in [0.1, 0.15) is 0 Å². The van der Waals surface area contributed by atoms with Gasteiger partial charge < -0.3 is 10.4 Å². The highest BCUT2D eigenvalue weighted by molar-refractivity contribution is 5.19. The number of hydrogen-bond donors (Lipinski definition) is 2. The quantitative estimate of drug-likeness (QED) is 0.661. The lowest BCUT2D eigenvalue weighted by atomic mass is 9.94. The highest BCUT2D eigenvalue weighted by atomic mass is 16.3. The minimum Gasteiger partial charge on any atom is -0.396 e. The van der Waals surface area contributed by atoms with E-state index in [4.69, 9.17) is 5.11 Å². The van der Waals surface area contributed by atoms with E-state index in [1.807, 2.05) is 0 Å². The van der Waals surface area contributed by atoms with Crippen molar-refractivity contribution in [1.82, 2.24) is 5.32 Å². The number of nitrogens with one attached hydrogen (secondary N) is 1. The molecule has 0 aliphatic rings. The van der Waals surface area contributed by atoms with Crippen molar-refractivity contribution in [3.8, 4) is 0 Å². The van der Waals surface area contributed by atoms with Crippen molar-refractivity contribution >= 4 is 0 Å². The summed E-state index contributed by atoms with van der Waals surface area (Å²) in [5.41, 5.74) is 1.42. The van der Waals surface area contributed by atoms with Crippen LogP contribution in [0.25, 0.3) is 0 Å². The average Bonchev–Trinajstić information content (AvgIpc) is 2.34. The molecule has 0 saturated carbocycles. The van der Waals surface area contributed by atoms with Crippen LogP contribution in [0.15, 0.2) is 30.3 Å². The fraction of sp³-hybridized carbons (Fsp3) is 0.571. The molecule has 90 valence electrons. The molecule has 1 unspecified atom stereocenters. The summed E-state index contributed by atoms with van der Waals surface area (Å²) >= 11 is 0. The molecule has 0 aliphatic heterocycles. The number of rotatable bonds is 8. The zero-order chi connectivity index (χ0) is 11.6. The second-order valence-electron chi connectivity index (χ2n) is 4.18. The maximum atomic E-state index is 8.71. The minimum atomic E-state index is 0.275. The van der Waals surface area contributed by atoms with Gasteiger partial charge in [0, 0.05) is 13.2 Å². The molecule has 2 nitrogen and oxygen atoms in total. The van der Waals surface area contributed by atoms with Crippen LogP contribution in [0.4, 0.5) is 0 Å². The Bertz CT molecular complexity index is 261. The first-order valence-corrected chi connectivity index (χ1v) is 6.25. The molecule has 1 atom stereocenters. The standard InChI is InChI=1S/C14H23NO/c1-2-7-14(12-15-10-6-11-16)13-8-4-3-5-9-13/h3-5,8-9,14-16H,2,6-7,10-12H2,1H3. The largest absolute Gasteiger partial charge is 0.396 e. The van der Waals surface area contributed by atoms with Crippen LogP contribution in [0.2, 0.25) is 0 Å². The first kappa shape index (κ1) is 13.2. The fourth-order valence-corrected chi connectivity index (χ4v) is 1.94. The molecule has 1 aromatic carbocycles. The number of hydrogen-bond acceptors (Lipinski definition) is 2. The first-order chi connectivity index (χ1) is 7.88. The Morgan fingerprint density at radius 3 is 2.62 bits per heavy atom. The summed E-state index contributed by atoms with van der Waals surface area (Å²) in [6, 6.07) is 10.7. The Hall–Kier alpha value is -0.860. The lowest BCUT2D eigenvalue weighted by molar-refractivity contribution is 0.285. The molecule has 0 heterocycles. The van der Waals surface area contributed by atoms with Crippen LogP contribution in [-0.2, 0) is 0 Å². The Balaban J connectivity index is 2.41. The average molecular weight is 221 g/mol. The second kappa shape index (κ2) is 8.31. The van der Waals surface area contributed by atoms with Crippen molar-refractivity contribution in [2.75, 3.05) is 19.7 Å². The van der Waals surface area contributed by atoms with Gasteiger partial charge in [-0.05, 0) is 30.9 Å². The van der Waals surface area contributed by atoms with Gasteiger partial charge in [-0.1, -0.05) is 43.7 Å². The monoisotopic (exact) mass is 221 g/mol. The summed E-state index contributed by atoms with van der Waals surface area (Å²) in [5, 5.41) is 12.1. The Morgan fingerprint density at radius 1 is 1.25 bits per heavy atom. The number of aliphatic hydroxyl groups is 1. The third kappa shape index (κ3) is 4.77. The van der Waals surface area contributed by atoms with Gasteiger partial charge in [0.25, 0.3) is 0 Å². The fourth-order valence-electron chi connectivity index (χ4n) is 1.94. The van der Waals surface area contributed by atoms with Crippen molar-refractivity contribution in [2.24, 2.45) is 0 Å². The molecule has 2 N–H and O–H groups in total. The topological polar surface area (TPSA) is 32.3 Å². The molecule has 0 aromatic heterocycles. The van der Waals surface area contributed by atoms with E-state index in [0.717, 1.165) is 19.5 Å². The number of aliphatic hydroxyl groups excluding tert-OH is 1. The van der Waals surface area contributed by atoms with Crippen LogP contribution in [0.5, 0.6) is 0 Å². The van der Waals surface area contributed by atoms with Crippen LogP contribution >= 0.6 is 0 Å². The molecule has 0 saturated heterocycles. The summed E-state index contributed by atoms with van der Waals surface area (Å²) in [4.78, 5) is 0. The smallest absolute Gasteiger partial charge is 0.0443 e. The molecule has 0 radical (unpaired) electrons. The third-order valence-corrected chi connectivity index (χ3v) is 2.81. The van der Waals surface area contributed by atoms with Gasteiger partial charge in [-0.2, -0.15) is 0 Å². The van der Waals surface area contributed by atoms with Crippen molar-refractivity contribution in [1.29, 1.82) is 0 Å². The van der Waals surface area contributed by atoms with Crippen LogP contribution in [-0.4, -0.2) is 24.8 Å². The zero-order valence-electron chi connectivity index (χ0n) is 10.2. The van der Waals surface area contributed by atoms with Crippen molar-refractivity contribution in [3.05, 3.63) is 35.9 Å². The summed E-state index contributed by atoms with van der Waals surface area (Å²) in [6.45, 7) is 4.42. The SMILES string of the molecule is CCCC(CNCCCO)c1ccccc1. The van der Waals surface area contributed by atoms with Gasteiger partial charge in [-0.3, -0.25) is 0 Å². The minimum absolute atomic E-state index is 0.275. The Kier molecular flexibility index (Phi) is 6.86. The molecule has 0 bridgehead atoms. The molecular formula is C14H23NO. The van der Waals surface area contributed by atoms with Crippen LogP contribution in [0, 0.1) is 0 Å². The van der Waals surface area contributed by atoms with Gasteiger partial charge >= 0.3 is 0 Å². The predicted molar refractivity (Wildman–Crippen MR) is 68.7 cm³/mol. The van der Waals surface area contributed by atoms with Crippen LogP contribution < -0.4 is 5.32 Å². The zero-order valence-corrected chi connectivity index (χ0v) is 10.2. The van der Waals surface area contributed by atoms with Crippen LogP contribution in [0.3, 0.4) is 0 Å². The van der Waals surface area contributed by atoms with Crippen molar-refractivity contribution < 1.29 is 5.11 Å². The second-order valence-corrected chi connectivity index (χ2v) is 4.18. The Labute approximate surface area is 98.7 Å². The molecule has 0 aliphatic carbocycles. The molecule has 16 heavy (non-hydrogen) atoms. The van der Waals surface area contributed by atoms with E-state index >= 15 is 0 Å². The predicted octanol–water partition coefficient (Wildman–Crippen LogP) is 2.54. The van der Waals surface area contributed by atoms with Gasteiger partial charge in [0.05, 0.1) is 0 Å². The van der Waals surface area contributed by atoms with Gasteiger partial charge in [0.15, 0.2) is 0 Å². The molecule has 0 spiro atoms. The molecule has 1 aromatic rings. The molecule has 2 heteroatoms. The summed E-state index contributed by atoms with van der Waals surface area (Å²) in [7, 11) is 0. The maximum Gasteiger partial charge on any atom is 0.0443 e. The normalized spacial score (nSPS) is 12.6. The van der Waals surface area contributed by atoms with Crippen LogP contribution in [0.1, 0.15) is 37.7 Å². The van der Waals surface area contributed by atoms with E-state index in [1.165, 1.54) is 18.4 Å². The van der Waals surface area contributed by atoms with E-state index in [-0.39, 0.29) is 6.61 Å². The lowest BCUT2D eigenvalue weighted by Crippen LogP contribution is -2.23. The number of benzene rings is 1. The summed E-state index contributed by atoms with van der Waals surface area (Å²) in [5.74, 6) is 0.602. The van der Waals surface area contributed by atoms with E-state index in [0.29, 0.717) is 5.92 Å².